The van der Waals surface area contributed by atoms with Gasteiger partial charge >= 0.3 is 5.97 Å². The second-order valence-corrected chi connectivity index (χ2v) is 4.30. The lowest BCUT2D eigenvalue weighted by molar-refractivity contribution is 0.0696. The van der Waals surface area contributed by atoms with Gasteiger partial charge in [0, 0.05) is 23.5 Å². The van der Waals surface area contributed by atoms with E-state index in [1.165, 1.54) is 18.5 Å². The number of ether oxygens (including phenoxy) is 1. The lowest BCUT2D eigenvalue weighted by Crippen LogP contribution is -2.13. The predicted molar refractivity (Wildman–Crippen MR) is 71.6 cm³/mol. The third-order valence-electron chi connectivity index (χ3n) is 2.58. The first kappa shape index (κ1) is 14.0. The SMILES string of the molecule is CC(O)COc1ccc(C(=O)O)cc1-c1cncnc1. The molecular formula is C14H14N2O4. The average Bonchev–Trinajstić information content (AvgIpc) is 2.45. The molecule has 0 spiro atoms. The molecule has 104 valence electrons. The van der Waals surface area contributed by atoms with Crippen LogP contribution in [0.3, 0.4) is 0 Å². The Labute approximate surface area is 115 Å². The number of aliphatic hydroxyl groups excluding tert-OH is 1. The van der Waals surface area contributed by atoms with Crippen LogP contribution >= 0.6 is 0 Å². The fourth-order valence-corrected chi connectivity index (χ4v) is 1.66. The van der Waals surface area contributed by atoms with E-state index in [1.807, 2.05) is 0 Å². The molecule has 1 heterocycles. The van der Waals surface area contributed by atoms with Crippen molar-refractivity contribution in [3.8, 4) is 16.9 Å². The van der Waals surface area contributed by atoms with Gasteiger partial charge < -0.3 is 14.9 Å². The highest BCUT2D eigenvalue weighted by Crippen LogP contribution is 2.30. The van der Waals surface area contributed by atoms with E-state index in [2.05, 4.69) is 9.97 Å². The Morgan fingerprint density at radius 3 is 2.65 bits per heavy atom. The molecule has 1 aromatic heterocycles. The second-order valence-electron chi connectivity index (χ2n) is 4.30. The van der Waals surface area contributed by atoms with Crippen LogP contribution in [0.4, 0.5) is 0 Å². The molecule has 1 atom stereocenters. The Kier molecular flexibility index (Phi) is 4.27. The number of nitrogens with zero attached hydrogens (tertiary/aromatic N) is 2. The molecule has 0 aliphatic rings. The second kappa shape index (κ2) is 6.12. The van der Waals surface area contributed by atoms with E-state index in [4.69, 9.17) is 9.84 Å². The first-order valence-electron chi connectivity index (χ1n) is 6.01. The molecule has 0 bridgehead atoms. The van der Waals surface area contributed by atoms with Crippen LogP contribution in [0.15, 0.2) is 36.9 Å². The number of aromatic carboxylic acids is 1. The molecule has 20 heavy (non-hydrogen) atoms. The third kappa shape index (κ3) is 3.30. The first-order chi connectivity index (χ1) is 9.58. The molecule has 0 saturated heterocycles. The maximum absolute atomic E-state index is 11.0. The van der Waals surface area contributed by atoms with Crippen molar-refractivity contribution < 1.29 is 19.7 Å². The zero-order valence-electron chi connectivity index (χ0n) is 10.9. The Hall–Kier alpha value is -2.47. The standard InChI is InChI=1S/C14H14N2O4/c1-9(17)7-20-13-3-2-10(14(18)19)4-12(13)11-5-15-8-16-6-11/h2-6,8-9,17H,7H2,1H3,(H,18,19). The van der Waals surface area contributed by atoms with Crippen molar-refractivity contribution in [2.75, 3.05) is 6.61 Å². The third-order valence-corrected chi connectivity index (χ3v) is 2.58. The highest BCUT2D eigenvalue weighted by molar-refractivity contribution is 5.90. The number of aromatic nitrogens is 2. The van der Waals surface area contributed by atoms with Gasteiger partial charge in [-0.25, -0.2) is 14.8 Å². The van der Waals surface area contributed by atoms with Gasteiger partial charge in [-0.1, -0.05) is 0 Å². The van der Waals surface area contributed by atoms with Crippen LogP contribution in [-0.2, 0) is 0 Å². The van der Waals surface area contributed by atoms with E-state index >= 15 is 0 Å². The van der Waals surface area contributed by atoms with Crippen molar-refractivity contribution in [2.24, 2.45) is 0 Å². The summed E-state index contributed by atoms with van der Waals surface area (Å²) in [6.45, 7) is 1.73. The normalized spacial score (nSPS) is 11.9. The molecule has 0 amide bonds. The van der Waals surface area contributed by atoms with Crippen LogP contribution in [0.5, 0.6) is 5.75 Å². The Bertz CT molecular complexity index is 599. The molecule has 2 N–H and O–H groups in total. The maximum Gasteiger partial charge on any atom is 0.335 e. The summed E-state index contributed by atoms with van der Waals surface area (Å²) in [5.74, 6) is -0.545. The van der Waals surface area contributed by atoms with Crippen molar-refractivity contribution in [1.29, 1.82) is 0 Å². The fraction of sp³-hybridized carbons (Fsp3) is 0.214. The zero-order valence-corrected chi connectivity index (χ0v) is 10.9. The van der Waals surface area contributed by atoms with Gasteiger partial charge in [0.05, 0.1) is 11.7 Å². The molecule has 1 unspecified atom stereocenters. The summed E-state index contributed by atoms with van der Waals surface area (Å²) in [6.07, 6.45) is 3.92. The summed E-state index contributed by atoms with van der Waals surface area (Å²) in [5, 5.41) is 18.3. The smallest absolute Gasteiger partial charge is 0.335 e. The molecule has 0 radical (unpaired) electrons. The zero-order chi connectivity index (χ0) is 14.5. The van der Waals surface area contributed by atoms with E-state index in [0.717, 1.165) is 0 Å². The highest BCUT2D eigenvalue weighted by Gasteiger charge is 2.12. The Balaban J connectivity index is 2.43. The molecule has 2 rings (SSSR count). The Morgan fingerprint density at radius 1 is 1.35 bits per heavy atom. The van der Waals surface area contributed by atoms with Crippen molar-refractivity contribution in [2.45, 2.75) is 13.0 Å². The number of aliphatic hydroxyl groups is 1. The van der Waals surface area contributed by atoms with Gasteiger partial charge in [0.2, 0.25) is 0 Å². The van der Waals surface area contributed by atoms with Crippen molar-refractivity contribution in [1.82, 2.24) is 9.97 Å². The van der Waals surface area contributed by atoms with Gasteiger partial charge in [0.1, 0.15) is 18.7 Å². The number of hydrogen-bond donors (Lipinski definition) is 2. The first-order valence-corrected chi connectivity index (χ1v) is 6.01. The predicted octanol–water partition coefficient (Wildman–Crippen LogP) is 1.60. The van der Waals surface area contributed by atoms with Crippen LogP contribution in [0, 0.1) is 0 Å². The topological polar surface area (TPSA) is 92.5 Å². The van der Waals surface area contributed by atoms with E-state index in [-0.39, 0.29) is 12.2 Å². The van der Waals surface area contributed by atoms with E-state index in [1.54, 1.807) is 25.4 Å². The summed E-state index contributed by atoms with van der Waals surface area (Å²) < 4.78 is 5.49. The quantitative estimate of drug-likeness (QED) is 0.860. The van der Waals surface area contributed by atoms with Crippen molar-refractivity contribution in [3.63, 3.8) is 0 Å². The molecule has 0 aliphatic heterocycles. The van der Waals surface area contributed by atoms with Gasteiger partial charge in [-0.15, -0.1) is 0 Å². The van der Waals surface area contributed by atoms with Gasteiger partial charge in [-0.05, 0) is 25.1 Å². The summed E-state index contributed by atoms with van der Waals surface area (Å²) >= 11 is 0. The molecule has 2 aromatic rings. The number of rotatable bonds is 5. The Morgan fingerprint density at radius 2 is 2.05 bits per heavy atom. The lowest BCUT2D eigenvalue weighted by atomic mass is 10.0. The summed E-state index contributed by atoms with van der Waals surface area (Å²) in [6, 6.07) is 4.51. The number of benzene rings is 1. The van der Waals surface area contributed by atoms with Crippen molar-refractivity contribution >= 4 is 5.97 Å². The van der Waals surface area contributed by atoms with Crippen molar-refractivity contribution in [3.05, 3.63) is 42.5 Å². The highest BCUT2D eigenvalue weighted by atomic mass is 16.5. The molecule has 1 aromatic carbocycles. The monoisotopic (exact) mass is 274 g/mol. The number of carbonyl (C=O) groups is 1. The largest absolute Gasteiger partial charge is 0.490 e. The lowest BCUT2D eigenvalue weighted by Gasteiger charge is -2.13. The molecule has 6 nitrogen and oxygen atoms in total. The summed E-state index contributed by atoms with van der Waals surface area (Å²) in [5.41, 5.74) is 1.37. The minimum absolute atomic E-state index is 0.118. The number of hydrogen-bond acceptors (Lipinski definition) is 5. The van der Waals surface area contributed by atoms with Crippen LogP contribution in [0.2, 0.25) is 0 Å². The average molecular weight is 274 g/mol. The summed E-state index contributed by atoms with van der Waals surface area (Å²) in [7, 11) is 0. The van der Waals surface area contributed by atoms with E-state index in [9.17, 15) is 9.90 Å². The molecular weight excluding hydrogens is 260 g/mol. The molecule has 0 aliphatic carbocycles. The van der Waals surface area contributed by atoms with Gasteiger partial charge in [0.25, 0.3) is 0 Å². The molecule has 0 fully saturated rings. The van der Waals surface area contributed by atoms with Crippen LogP contribution < -0.4 is 4.74 Å². The number of carboxylic acids is 1. The fourth-order valence-electron chi connectivity index (χ4n) is 1.66. The van der Waals surface area contributed by atoms with Crippen LogP contribution in [0.25, 0.3) is 11.1 Å². The van der Waals surface area contributed by atoms with Crippen LogP contribution in [-0.4, -0.2) is 38.9 Å². The maximum atomic E-state index is 11.0. The minimum atomic E-state index is -1.02. The van der Waals surface area contributed by atoms with Crippen LogP contribution in [0.1, 0.15) is 17.3 Å². The van der Waals surface area contributed by atoms with E-state index in [0.29, 0.717) is 16.9 Å². The number of carboxylic acid groups (broad SMARTS) is 1. The van der Waals surface area contributed by atoms with Gasteiger partial charge in [-0.2, -0.15) is 0 Å². The summed E-state index contributed by atoms with van der Waals surface area (Å²) in [4.78, 5) is 18.9. The van der Waals surface area contributed by atoms with Gasteiger partial charge in [-0.3, -0.25) is 0 Å². The minimum Gasteiger partial charge on any atom is -0.490 e. The van der Waals surface area contributed by atoms with Gasteiger partial charge in [0.15, 0.2) is 0 Å². The molecule has 6 heteroatoms. The molecule has 0 saturated carbocycles. The van der Waals surface area contributed by atoms with E-state index < -0.39 is 12.1 Å².